The van der Waals surface area contributed by atoms with Crippen molar-refractivity contribution in [2.24, 2.45) is 0 Å². The molecule has 0 fully saturated rings. The van der Waals surface area contributed by atoms with Gasteiger partial charge in [-0.05, 0) is 34.6 Å². The first-order chi connectivity index (χ1) is 5.95. The summed E-state index contributed by atoms with van der Waals surface area (Å²) in [6.07, 6.45) is 0. The third-order valence-corrected chi connectivity index (χ3v) is 2.35. The van der Waals surface area contributed by atoms with Crippen LogP contribution in [-0.4, -0.2) is 30.6 Å². The molecular formula is C10H20BNO. The molecule has 13 heavy (non-hydrogen) atoms. The van der Waals surface area contributed by atoms with E-state index in [4.69, 9.17) is 4.65 Å². The maximum absolute atomic E-state index is 5.66. The van der Waals surface area contributed by atoms with E-state index in [2.05, 4.69) is 38.5 Å². The first-order valence-corrected chi connectivity index (χ1v) is 5.01. The summed E-state index contributed by atoms with van der Waals surface area (Å²) in [6, 6.07) is 0. The van der Waals surface area contributed by atoms with Gasteiger partial charge in [0.15, 0.2) is 0 Å². The van der Waals surface area contributed by atoms with E-state index in [1.54, 1.807) is 0 Å². The quantitative estimate of drug-likeness (QED) is 0.605. The van der Waals surface area contributed by atoms with Crippen LogP contribution < -0.4 is 0 Å². The number of hydrogen-bond acceptors (Lipinski definition) is 2. The van der Waals surface area contributed by atoms with Crippen LogP contribution in [0.4, 0.5) is 0 Å². The first-order valence-electron chi connectivity index (χ1n) is 5.01. The molecule has 0 N–H and O–H groups in total. The van der Waals surface area contributed by atoms with Crippen molar-refractivity contribution in [3.05, 3.63) is 11.5 Å². The van der Waals surface area contributed by atoms with Gasteiger partial charge in [0.2, 0.25) is 0 Å². The molecule has 1 aliphatic heterocycles. The van der Waals surface area contributed by atoms with Crippen LogP contribution in [0.5, 0.6) is 0 Å². The highest BCUT2D eigenvalue weighted by molar-refractivity contribution is 6.56. The van der Waals surface area contributed by atoms with Gasteiger partial charge in [-0.3, -0.25) is 0 Å². The minimum atomic E-state index is 0.185. The predicted molar refractivity (Wildman–Crippen MR) is 57.6 cm³/mol. The van der Waals surface area contributed by atoms with Crippen LogP contribution in [0, 0.1) is 0 Å². The molecule has 74 valence electrons. The average Bonchev–Trinajstić information content (AvgIpc) is 2.30. The maximum Gasteiger partial charge on any atom is 0.411 e. The highest BCUT2D eigenvalue weighted by Gasteiger charge is 2.35. The van der Waals surface area contributed by atoms with Crippen molar-refractivity contribution in [2.75, 3.05) is 13.2 Å². The van der Waals surface area contributed by atoms with Gasteiger partial charge in [-0.25, -0.2) is 0 Å². The van der Waals surface area contributed by atoms with Crippen LogP contribution >= 0.6 is 0 Å². The lowest BCUT2D eigenvalue weighted by Gasteiger charge is -2.35. The Morgan fingerprint density at radius 1 is 1.54 bits per heavy atom. The average molecular weight is 181 g/mol. The van der Waals surface area contributed by atoms with E-state index in [9.17, 15) is 0 Å². The summed E-state index contributed by atoms with van der Waals surface area (Å²) in [5.74, 6) is 2.22. The molecule has 3 heteroatoms. The largest absolute Gasteiger partial charge is 0.418 e. The van der Waals surface area contributed by atoms with Crippen LogP contribution in [0.2, 0.25) is 0 Å². The molecule has 0 spiro atoms. The van der Waals surface area contributed by atoms with Gasteiger partial charge < -0.3 is 9.47 Å². The van der Waals surface area contributed by atoms with Gasteiger partial charge in [0, 0.05) is 18.7 Å². The van der Waals surface area contributed by atoms with Crippen LogP contribution in [0.1, 0.15) is 34.6 Å². The molecule has 0 aromatic rings. The standard InChI is InChI=1S/C10H20BNO/c1-6-13-11-7-9(2)8-12(11)10(3,4)5/h7H,6,8H2,1-5H3. The number of rotatable bonds is 2. The lowest BCUT2D eigenvalue weighted by molar-refractivity contribution is 0.212. The fraction of sp³-hybridized carbons (Fsp3) is 0.800. The Bertz CT molecular complexity index is 207. The maximum atomic E-state index is 5.66. The van der Waals surface area contributed by atoms with Gasteiger partial charge in [0.1, 0.15) is 0 Å². The van der Waals surface area contributed by atoms with Crippen LogP contribution in [0.3, 0.4) is 0 Å². The topological polar surface area (TPSA) is 12.5 Å². The normalized spacial score (nSPS) is 19.5. The van der Waals surface area contributed by atoms with Crippen LogP contribution in [-0.2, 0) is 4.65 Å². The van der Waals surface area contributed by atoms with Crippen molar-refractivity contribution in [1.82, 2.24) is 4.81 Å². The fourth-order valence-electron chi connectivity index (χ4n) is 1.67. The second kappa shape index (κ2) is 3.85. The Kier molecular flexibility index (Phi) is 3.20. The zero-order valence-electron chi connectivity index (χ0n) is 9.42. The molecular weight excluding hydrogens is 161 g/mol. The van der Waals surface area contributed by atoms with Crippen molar-refractivity contribution in [1.29, 1.82) is 0 Å². The fourth-order valence-corrected chi connectivity index (χ4v) is 1.67. The molecule has 0 saturated heterocycles. The van der Waals surface area contributed by atoms with E-state index in [0.29, 0.717) is 0 Å². The summed E-state index contributed by atoms with van der Waals surface area (Å²) in [6.45, 7) is 12.7. The van der Waals surface area contributed by atoms with Gasteiger partial charge in [0.05, 0.1) is 0 Å². The van der Waals surface area contributed by atoms with Crippen molar-refractivity contribution in [3.8, 4) is 0 Å². The van der Waals surface area contributed by atoms with Crippen LogP contribution in [0.25, 0.3) is 0 Å². The molecule has 2 nitrogen and oxygen atoms in total. The Hall–Kier alpha value is -0.275. The molecule has 0 aromatic heterocycles. The first kappa shape index (κ1) is 10.8. The molecule has 0 saturated carbocycles. The van der Waals surface area contributed by atoms with Crippen LogP contribution in [0.15, 0.2) is 11.5 Å². The zero-order valence-corrected chi connectivity index (χ0v) is 9.42. The smallest absolute Gasteiger partial charge is 0.411 e. The summed E-state index contributed by atoms with van der Waals surface area (Å²) in [5, 5.41) is 0. The predicted octanol–water partition coefficient (Wildman–Crippen LogP) is 2.11. The van der Waals surface area contributed by atoms with E-state index in [1.807, 2.05) is 6.92 Å². The third-order valence-electron chi connectivity index (χ3n) is 2.35. The molecule has 1 heterocycles. The van der Waals surface area contributed by atoms with E-state index in [-0.39, 0.29) is 12.6 Å². The van der Waals surface area contributed by atoms with Crippen molar-refractivity contribution in [3.63, 3.8) is 0 Å². The molecule has 0 radical (unpaired) electrons. The van der Waals surface area contributed by atoms with E-state index < -0.39 is 0 Å². The Labute approximate surface area is 82.1 Å². The summed E-state index contributed by atoms with van der Waals surface area (Å²) < 4.78 is 5.66. The highest BCUT2D eigenvalue weighted by atomic mass is 16.4. The van der Waals surface area contributed by atoms with Crippen molar-refractivity contribution < 1.29 is 4.65 Å². The second-order valence-electron chi connectivity index (χ2n) is 4.66. The SMILES string of the molecule is CCOB1C=C(C)CN1C(C)(C)C. The van der Waals surface area contributed by atoms with Crippen molar-refractivity contribution >= 4 is 7.05 Å². The Balaban J connectivity index is 2.67. The molecule has 1 rings (SSSR count). The number of hydrogen-bond donors (Lipinski definition) is 0. The molecule has 1 aliphatic rings. The van der Waals surface area contributed by atoms with Gasteiger partial charge in [-0.1, -0.05) is 11.5 Å². The third kappa shape index (κ3) is 2.58. The lowest BCUT2D eigenvalue weighted by Crippen LogP contribution is -2.49. The van der Waals surface area contributed by atoms with E-state index in [0.717, 1.165) is 13.2 Å². The van der Waals surface area contributed by atoms with Gasteiger partial charge in [0.25, 0.3) is 0 Å². The molecule has 0 aliphatic carbocycles. The van der Waals surface area contributed by atoms with E-state index in [1.165, 1.54) is 5.57 Å². The second-order valence-corrected chi connectivity index (χ2v) is 4.66. The molecule has 0 unspecified atom stereocenters. The van der Waals surface area contributed by atoms with E-state index >= 15 is 0 Å². The molecule has 0 bridgehead atoms. The Morgan fingerprint density at radius 3 is 2.62 bits per heavy atom. The summed E-state index contributed by atoms with van der Waals surface area (Å²) in [7, 11) is 0.185. The molecule has 0 amide bonds. The Morgan fingerprint density at radius 2 is 2.15 bits per heavy atom. The monoisotopic (exact) mass is 181 g/mol. The summed E-state index contributed by atoms with van der Waals surface area (Å²) in [4.78, 5) is 2.38. The zero-order chi connectivity index (χ0) is 10.1. The van der Waals surface area contributed by atoms with Crippen molar-refractivity contribution in [2.45, 2.75) is 40.2 Å². The summed E-state index contributed by atoms with van der Waals surface area (Å²) >= 11 is 0. The van der Waals surface area contributed by atoms with Gasteiger partial charge >= 0.3 is 7.05 Å². The minimum absolute atomic E-state index is 0.185. The molecule has 0 atom stereocenters. The van der Waals surface area contributed by atoms with Gasteiger partial charge in [-0.15, -0.1) is 0 Å². The highest BCUT2D eigenvalue weighted by Crippen LogP contribution is 2.23. The van der Waals surface area contributed by atoms with Gasteiger partial charge in [-0.2, -0.15) is 0 Å². The summed E-state index contributed by atoms with van der Waals surface area (Å²) in [5.41, 5.74) is 1.60. The molecule has 0 aromatic carbocycles. The minimum Gasteiger partial charge on any atom is -0.418 e. The number of nitrogens with zero attached hydrogens (tertiary/aromatic N) is 1. The lowest BCUT2D eigenvalue weighted by atomic mass is 9.79.